The lowest BCUT2D eigenvalue weighted by atomic mass is 10.0. The maximum Gasteiger partial charge on any atom is 0.264 e. The monoisotopic (exact) mass is 508 g/mol. The molecule has 0 aliphatic carbocycles. The molecule has 35 heavy (non-hydrogen) atoms. The number of hydrogen-bond donors (Lipinski definition) is 1. The first-order chi connectivity index (χ1) is 16.5. The third kappa shape index (κ3) is 6.56. The summed E-state index contributed by atoms with van der Waals surface area (Å²) in [6, 6.07) is 8.54. The second kappa shape index (κ2) is 11.5. The highest BCUT2D eigenvalue weighted by Gasteiger charge is 2.44. The van der Waals surface area contributed by atoms with E-state index in [9.17, 15) is 22.4 Å². The molecule has 1 saturated heterocycles. The van der Waals surface area contributed by atoms with Crippen molar-refractivity contribution in [3.63, 3.8) is 0 Å². The summed E-state index contributed by atoms with van der Waals surface area (Å²) in [4.78, 5) is 30.8. The number of nitrogens with zero attached hydrogens (tertiary/aromatic N) is 1. The van der Waals surface area contributed by atoms with E-state index in [1.54, 1.807) is 12.1 Å². The fourth-order valence-electron chi connectivity index (χ4n) is 3.91. The standard InChI is InChI=1S/C25H33FN2O6S/c1-4-7-18-9-11-19(12-10-18)20-16-22(29)28(17-21(20)26)14-13-25(2,35(3,31)32)24(30)27-34-23-8-5-6-15-33-23/h9-12,16-17,23H,4-8,13-15H2,1-3H3,(H,27,30)/t23?,25-/m1/s1. The number of pyridine rings is 1. The molecular formula is C25H33FN2O6S. The Hall–Kier alpha value is -2.56. The summed E-state index contributed by atoms with van der Waals surface area (Å²) in [6.07, 6.45) is 5.35. The van der Waals surface area contributed by atoms with Crippen molar-refractivity contribution in [1.29, 1.82) is 0 Å². The highest BCUT2D eigenvalue weighted by atomic mass is 32.2. The van der Waals surface area contributed by atoms with E-state index in [1.165, 1.54) is 13.0 Å². The zero-order valence-electron chi connectivity index (χ0n) is 20.4. The van der Waals surface area contributed by atoms with Crippen molar-refractivity contribution in [1.82, 2.24) is 10.0 Å². The Balaban J connectivity index is 1.75. The van der Waals surface area contributed by atoms with Gasteiger partial charge in [0.2, 0.25) is 0 Å². The Bertz CT molecular complexity index is 1190. The van der Waals surface area contributed by atoms with Crippen LogP contribution < -0.4 is 11.0 Å². The largest absolute Gasteiger partial charge is 0.350 e. The van der Waals surface area contributed by atoms with Crippen molar-refractivity contribution in [3.8, 4) is 11.1 Å². The summed E-state index contributed by atoms with van der Waals surface area (Å²) < 4.78 is 44.5. The van der Waals surface area contributed by atoms with Crippen molar-refractivity contribution < 1.29 is 27.2 Å². The van der Waals surface area contributed by atoms with Gasteiger partial charge >= 0.3 is 0 Å². The molecule has 0 spiro atoms. The number of carbonyl (C=O) groups is 1. The van der Waals surface area contributed by atoms with Crippen LogP contribution in [0.15, 0.2) is 41.3 Å². The van der Waals surface area contributed by atoms with Crippen LogP contribution in [0.5, 0.6) is 0 Å². The number of aryl methyl sites for hydroxylation is 2. The van der Waals surface area contributed by atoms with Crippen LogP contribution in [0.25, 0.3) is 11.1 Å². The maximum atomic E-state index is 14.9. The maximum absolute atomic E-state index is 14.9. The van der Waals surface area contributed by atoms with Crippen molar-refractivity contribution in [2.45, 2.75) is 70.0 Å². The molecule has 1 unspecified atom stereocenters. The van der Waals surface area contributed by atoms with E-state index in [0.717, 1.165) is 48.3 Å². The molecule has 1 amide bonds. The van der Waals surface area contributed by atoms with Crippen LogP contribution in [0.4, 0.5) is 4.39 Å². The van der Waals surface area contributed by atoms with Gasteiger partial charge in [-0.25, -0.2) is 23.1 Å². The second-order valence-corrected chi connectivity index (χ2v) is 11.6. The van der Waals surface area contributed by atoms with Gasteiger partial charge in [-0.05, 0) is 43.7 Å². The molecule has 1 aromatic heterocycles. The SMILES string of the molecule is CCCc1ccc(-c2cc(=O)n(CC[C@](C)(C(=O)NOC3CCCCO3)S(C)(=O)=O)cc2F)cc1. The Kier molecular flexibility index (Phi) is 8.84. The molecule has 2 aromatic rings. The number of hydrogen-bond acceptors (Lipinski definition) is 6. The predicted molar refractivity (Wildman–Crippen MR) is 131 cm³/mol. The van der Waals surface area contributed by atoms with Crippen LogP contribution in [0.2, 0.25) is 0 Å². The van der Waals surface area contributed by atoms with E-state index in [1.807, 2.05) is 12.1 Å². The number of halogens is 1. The summed E-state index contributed by atoms with van der Waals surface area (Å²) in [5.74, 6) is -1.48. The summed E-state index contributed by atoms with van der Waals surface area (Å²) in [6.45, 7) is 3.65. The normalized spacial score (nSPS) is 18.1. The van der Waals surface area contributed by atoms with Crippen LogP contribution in [0.1, 0.15) is 51.5 Å². The number of hydroxylamine groups is 1. The van der Waals surface area contributed by atoms with Crippen molar-refractivity contribution in [2.75, 3.05) is 12.9 Å². The lowest BCUT2D eigenvalue weighted by Gasteiger charge is -2.28. The van der Waals surface area contributed by atoms with Crippen LogP contribution in [-0.2, 0) is 37.2 Å². The van der Waals surface area contributed by atoms with Crippen LogP contribution in [-0.4, -0.2) is 42.8 Å². The zero-order valence-corrected chi connectivity index (χ0v) is 21.2. The second-order valence-electron chi connectivity index (χ2n) is 9.11. The molecule has 1 N–H and O–H groups in total. The first kappa shape index (κ1) is 27.0. The topological polar surface area (TPSA) is 104 Å². The molecule has 2 atom stereocenters. The fourth-order valence-corrected chi connectivity index (χ4v) is 4.75. The minimum Gasteiger partial charge on any atom is -0.350 e. The molecule has 10 heteroatoms. The van der Waals surface area contributed by atoms with Gasteiger partial charge in [0.25, 0.3) is 11.5 Å². The first-order valence-corrected chi connectivity index (χ1v) is 13.7. The average molecular weight is 509 g/mol. The number of aromatic nitrogens is 1. The van der Waals surface area contributed by atoms with Gasteiger partial charge < -0.3 is 9.30 Å². The van der Waals surface area contributed by atoms with Gasteiger partial charge in [0, 0.05) is 43.7 Å². The number of nitrogens with one attached hydrogen (secondary N) is 1. The Morgan fingerprint density at radius 2 is 2.00 bits per heavy atom. The van der Waals surface area contributed by atoms with Gasteiger partial charge in [0.15, 0.2) is 20.9 Å². The van der Waals surface area contributed by atoms with E-state index in [4.69, 9.17) is 9.57 Å². The van der Waals surface area contributed by atoms with Crippen LogP contribution >= 0.6 is 0 Å². The van der Waals surface area contributed by atoms with Gasteiger partial charge in [-0.1, -0.05) is 37.6 Å². The number of sulfone groups is 1. The van der Waals surface area contributed by atoms with E-state index in [2.05, 4.69) is 12.4 Å². The van der Waals surface area contributed by atoms with Crippen molar-refractivity contribution in [3.05, 3.63) is 58.3 Å². The number of ether oxygens (including phenoxy) is 1. The van der Waals surface area contributed by atoms with Crippen LogP contribution in [0, 0.1) is 5.82 Å². The summed E-state index contributed by atoms with van der Waals surface area (Å²) >= 11 is 0. The lowest BCUT2D eigenvalue weighted by Crippen LogP contribution is -2.51. The highest BCUT2D eigenvalue weighted by Crippen LogP contribution is 2.25. The molecule has 0 saturated carbocycles. The summed E-state index contributed by atoms with van der Waals surface area (Å²) in [5.41, 5.74) is 3.57. The van der Waals surface area contributed by atoms with E-state index < -0.39 is 38.2 Å². The number of benzene rings is 1. The summed E-state index contributed by atoms with van der Waals surface area (Å²) in [5, 5.41) is 0. The van der Waals surface area contributed by atoms with Gasteiger partial charge in [-0.3, -0.25) is 9.59 Å². The Morgan fingerprint density at radius 1 is 1.29 bits per heavy atom. The minimum atomic E-state index is -3.91. The molecule has 1 aromatic carbocycles. The third-order valence-corrected chi connectivity index (χ3v) is 8.46. The van der Waals surface area contributed by atoms with Gasteiger partial charge in [-0.15, -0.1) is 0 Å². The first-order valence-electron chi connectivity index (χ1n) is 11.8. The van der Waals surface area contributed by atoms with Gasteiger partial charge in [0.05, 0.1) is 0 Å². The molecule has 0 bridgehead atoms. The Labute approximate surface area is 205 Å². The molecule has 1 fully saturated rings. The van der Waals surface area contributed by atoms with E-state index >= 15 is 0 Å². The molecule has 0 radical (unpaired) electrons. The smallest absolute Gasteiger partial charge is 0.264 e. The fraction of sp³-hybridized carbons (Fsp3) is 0.520. The quantitative estimate of drug-likeness (QED) is 0.494. The third-order valence-electron chi connectivity index (χ3n) is 6.43. The molecule has 3 rings (SSSR count). The molecule has 2 heterocycles. The lowest BCUT2D eigenvalue weighted by molar-refractivity contribution is -0.201. The van der Waals surface area contributed by atoms with Crippen molar-refractivity contribution >= 4 is 15.7 Å². The molecule has 8 nitrogen and oxygen atoms in total. The Morgan fingerprint density at radius 3 is 2.60 bits per heavy atom. The molecular weight excluding hydrogens is 475 g/mol. The molecule has 1 aliphatic rings. The predicted octanol–water partition coefficient (Wildman–Crippen LogP) is 3.37. The highest BCUT2D eigenvalue weighted by molar-refractivity contribution is 7.92. The molecule has 1 aliphatic heterocycles. The minimum absolute atomic E-state index is 0.166. The van der Waals surface area contributed by atoms with Crippen molar-refractivity contribution in [2.24, 2.45) is 0 Å². The average Bonchev–Trinajstić information content (AvgIpc) is 2.83. The van der Waals surface area contributed by atoms with E-state index in [0.29, 0.717) is 18.6 Å². The molecule has 192 valence electrons. The van der Waals surface area contributed by atoms with Crippen LogP contribution in [0.3, 0.4) is 0 Å². The van der Waals surface area contributed by atoms with Gasteiger partial charge in [-0.2, -0.15) is 0 Å². The number of rotatable bonds is 10. The number of amides is 1. The number of carbonyl (C=O) groups excluding carboxylic acids is 1. The van der Waals surface area contributed by atoms with E-state index in [-0.39, 0.29) is 18.5 Å². The summed E-state index contributed by atoms with van der Waals surface area (Å²) in [7, 11) is -3.91. The zero-order chi connectivity index (χ0) is 25.6. The van der Waals surface area contributed by atoms with Gasteiger partial charge in [0.1, 0.15) is 5.82 Å².